The molecular formula is C13H23N3O3S. The Labute approximate surface area is 120 Å². The van der Waals surface area contributed by atoms with Crippen molar-refractivity contribution in [3.63, 3.8) is 0 Å². The molecule has 0 saturated heterocycles. The normalized spacial score (nSPS) is 16.1. The summed E-state index contributed by atoms with van der Waals surface area (Å²) in [5.41, 5.74) is 1.20. The molecule has 0 aliphatic heterocycles. The standard InChI is InChI=1S/C13H23N3O3S/c1-4-16(12-6-7-12)20(18,19)13-10(2)14-15(11(13)3)8-5-9-17/h12,17H,4-9H2,1-3H3. The quantitative estimate of drug-likeness (QED) is 0.817. The molecule has 20 heavy (non-hydrogen) atoms. The van der Waals surface area contributed by atoms with Crippen molar-refractivity contribution in [3.8, 4) is 0 Å². The molecular weight excluding hydrogens is 278 g/mol. The average molecular weight is 301 g/mol. The molecule has 114 valence electrons. The highest BCUT2D eigenvalue weighted by Crippen LogP contribution is 2.33. The van der Waals surface area contributed by atoms with Crippen LogP contribution in [-0.4, -0.2) is 46.8 Å². The van der Waals surface area contributed by atoms with Crippen LogP contribution in [0.3, 0.4) is 0 Å². The summed E-state index contributed by atoms with van der Waals surface area (Å²) in [6.45, 7) is 6.49. The molecule has 1 heterocycles. The van der Waals surface area contributed by atoms with E-state index in [4.69, 9.17) is 5.11 Å². The first kappa shape index (κ1) is 15.5. The highest BCUT2D eigenvalue weighted by molar-refractivity contribution is 7.89. The fourth-order valence-electron chi connectivity index (χ4n) is 2.60. The zero-order valence-corrected chi connectivity index (χ0v) is 13.2. The first-order valence-corrected chi connectivity index (χ1v) is 8.54. The van der Waals surface area contributed by atoms with Crippen LogP contribution in [0, 0.1) is 13.8 Å². The number of aryl methyl sites for hydroxylation is 2. The van der Waals surface area contributed by atoms with Gasteiger partial charge in [0.25, 0.3) is 0 Å². The SMILES string of the molecule is CCN(C1CC1)S(=O)(=O)c1c(C)nn(CCCO)c1C. The topological polar surface area (TPSA) is 75.4 Å². The van der Waals surface area contributed by atoms with Crippen LogP contribution in [0.2, 0.25) is 0 Å². The van der Waals surface area contributed by atoms with Gasteiger partial charge in [0.15, 0.2) is 0 Å². The minimum absolute atomic E-state index is 0.0730. The maximum atomic E-state index is 12.8. The third-order valence-electron chi connectivity index (χ3n) is 3.68. The number of sulfonamides is 1. The lowest BCUT2D eigenvalue weighted by atomic mass is 10.4. The number of hydrogen-bond acceptors (Lipinski definition) is 4. The van der Waals surface area contributed by atoms with Crippen molar-refractivity contribution >= 4 is 10.0 Å². The summed E-state index contributed by atoms with van der Waals surface area (Å²) >= 11 is 0. The van der Waals surface area contributed by atoms with E-state index in [1.165, 1.54) is 0 Å². The van der Waals surface area contributed by atoms with Gasteiger partial charge in [0.05, 0.1) is 11.4 Å². The maximum Gasteiger partial charge on any atom is 0.246 e. The van der Waals surface area contributed by atoms with E-state index in [0.717, 1.165) is 12.8 Å². The zero-order chi connectivity index (χ0) is 14.9. The van der Waals surface area contributed by atoms with Crippen molar-refractivity contribution in [1.82, 2.24) is 14.1 Å². The van der Waals surface area contributed by atoms with Gasteiger partial charge in [0.1, 0.15) is 4.90 Å². The lowest BCUT2D eigenvalue weighted by Gasteiger charge is -2.20. The van der Waals surface area contributed by atoms with Gasteiger partial charge in [-0.15, -0.1) is 0 Å². The van der Waals surface area contributed by atoms with Crippen LogP contribution in [0.25, 0.3) is 0 Å². The molecule has 0 atom stereocenters. The summed E-state index contributed by atoms with van der Waals surface area (Å²) in [6, 6.07) is 0.157. The molecule has 1 aromatic rings. The highest BCUT2D eigenvalue weighted by Gasteiger charge is 2.39. The molecule has 2 rings (SSSR count). The largest absolute Gasteiger partial charge is 0.396 e. The molecule has 1 aromatic heterocycles. The monoisotopic (exact) mass is 301 g/mol. The van der Waals surface area contributed by atoms with Crippen molar-refractivity contribution in [2.45, 2.75) is 57.5 Å². The van der Waals surface area contributed by atoms with Crippen molar-refractivity contribution in [3.05, 3.63) is 11.4 Å². The van der Waals surface area contributed by atoms with Crippen molar-refractivity contribution in [1.29, 1.82) is 0 Å². The Kier molecular flexibility index (Phi) is 4.51. The zero-order valence-electron chi connectivity index (χ0n) is 12.3. The molecule has 7 heteroatoms. The van der Waals surface area contributed by atoms with E-state index in [0.29, 0.717) is 35.8 Å². The van der Waals surface area contributed by atoms with Crippen LogP contribution in [0.15, 0.2) is 4.90 Å². The number of aromatic nitrogens is 2. The van der Waals surface area contributed by atoms with Gasteiger partial charge in [-0.25, -0.2) is 8.42 Å². The van der Waals surface area contributed by atoms with Gasteiger partial charge >= 0.3 is 0 Å². The van der Waals surface area contributed by atoms with E-state index in [-0.39, 0.29) is 12.6 Å². The molecule has 1 fully saturated rings. The number of aliphatic hydroxyl groups excluding tert-OH is 1. The van der Waals surface area contributed by atoms with Gasteiger partial charge in [0.2, 0.25) is 10.0 Å². The van der Waals surface area contributed by atoms with Crippen LogP contribution in [0.4, 0.5) is 0 Å². The molecule has 6 nitrogen and oxygen atoms in total. The molecule has 0 amide bonds. The Morgan fingerprint density at radius 3 is 2.55 bits per heavy atom. The van der Waals surface area contributed by atoms with Gasteiger partial charge < -0.3 is 5.11 Å². The predicted molar refractivity (Wildman–Crippen MR) is 76.0 cm³/mol. The summed E-state index contributed by atoms with van der Waals surface area (Å²) < 4.78 is 28.9. The van der Waals surface area contributed by atoms with Crippen molar-refractivity contribution in [2.24, 2.45) is 0 Å². The van der Waals surface area contributed by atoms with E-state index in [2.05, 4.69) is 5.10 Å². The van der Waals surface area contributed by atoms with Crippen molar-refractivity contribution in [2.75, 3.05) is 13.2 Å². The van der Waals surface area contributed by atoms with Crippen LogP contribution >= 0.6 is 0 Å². The minimum Gasteiger partial charge on any atom is -0.396 e. The number of rotatable bonds is 7. The van der Waals surface area contributed by atoms with Crippen molar-refractivity contribution < 1.29 is 13.5 Å². The van der Waals surface area contributed by atoms with Gasteiger partial charge in [-0.1, -0.05) is 6.92 Å². The van der Waals surface area contributed by atoms with Gasteiger partial charge in [-0.2, -0.15) is 9.40 Å². The van der Waals surface area contributed by atoms with Crippen LogP contribution < -0.4 is 0 Å². The van der Waals surface area contributed by atoms with E-state index < -0.39 is 10.0 Å². The Morgan fingerprint density at radius 2 is 2.05 bits per heavy atom. The Balaban J connectivity index is 2.38. The molecule has 1 aliphatic carbocycles. The summed E-state index contributed by atoms with van der Waals surface area (Å²) in [7, 11) is -3.47. The molecule has 0 radical (unpaired) electrons. The minimum atomic E-state index is -3.47. The van der Waals surface area contributed by atoms with Gasteiger partial charge in [-0.05, 0) is 33.1 Å². The summed E-state index contributed by atoms with van der Waals surface area (Å²) in [5.74, 6) is 0. The molecule has 1 aliphatic rings. The summed E-state index contributed by atoms with van der Waals surface area (Å²) in [5, 5.41) is 13.2. The summed E-state index contributed by atoms with van der Waals surface area (Å²) in [4.78, 5) is 0.337. The molecule has 1 saturated carbocycles. The average Bonchev–Trinajstić information content (AvgIpc) is 3.14. The fourth-order valence-corrected chi connectivity index (χ4v) is 4.67. The predicted octanol–water partition coefficient (Wildman–Crippen LogP) is 1.06. The van der Waals surface area contributed by atoms with E-state index in [1.807, 2.05) is 6.92 Å². The lowest BCUT2D eigenvalue weighted by molar-refractivity contribution is 0.276. The van der Waals surface area contributed by atoms with Crippen LogP contribution in [0.1, 0.15) is 37.6 Å². The first-order chi connectivity index (χ1) is 9.43. The van der Waals surface area contributed by atoms with Crippen LogP contribution in [-0.2, 0) is 16.6 Å². The number of aliphatic hydroxyl groups is 1. The third kappa shape index (κ3) is 2.75. The van der Waals surface area contributed by atoms with E-state index in [1.54, 1.807) is 22.8 Å². The Morgan fingerprint density at radius 1 is 1.40 bits per heavy atom. The smallest absolute Gasteiger partial charge is 0.246 e. The molecule has 0 aromatic carbocycles. The summed E-state index contributed by atoms with van der Waals surface area (Å²) in [6.07, 6.45) is 2.47. The second-order valence-electron chi connectivity index (χ2n) is 5.24. The van der Waals surface area contributed by atoms with Crippen LogP contribution in [0.5, 0.6) is 0 Å². The van der Waals surface area contributed by atoms with Gasteiger partial charge in [-0.3, -0.25) is 4.68 Å². The Hall–Kier alpha value is -0.920. The second-order valence-corrected chi connectivity index (χ2v) is 7.07. The molecule has 0 unspecified atom stereocenters. The fraction of sp³-hybridized carbons (Fsp3) is 0.769. The Bertz CT molecular complexity index is 576. The third-order valence-corrected chi connectivity index (χ3v) is 5.96. The maximum absolute atomic E-state index is 12.8. The van der Waals surface area contributed by atoms with E-state index >= 15 is 0 Å². The first-order valence-electron chi connectivity index (χ1n) is 7.10. The highest BCUT2D eigenvalue weighted by atomic mass is 32.2. The lowest BCUT2D eigenvalue weighted by Crippen LogP contribution is -2.33. The van der Waals surface area contributed by atoms with Gasteiger partial charge in [0, 0.05) is 25.7 Å². The number of nitrogens with zero attached hydrogens (tertiary/aromatic N) is 3. The second kappa shape index (κ2) is 5.83. The number of hydrogen-bond donors (Lipinski definition) is 1. The molecule has 0 bridgehead atoms. The van der Waals surface area contributed by atoms with E-state index in [9.17, 15) is 8.42 Å². The molecule has 0 spiro atoms. The molecule has 1 N–H and O–H groups in total.